The summed E-state index contributed by atoms with van der Waals surface area (Å²) in [6, 6.07) is 17.4. The van der Waals surface area contributed by atoms with Gasteiger partial charge in [0.1, 0.15) is 23.9 Å². The van der Waals surface area contributed by atoms with E-state index in [0.717, 1.165) is 11.1 Å². The van der Waals surface area contributed by atoms with Gasteiger partial charge in [-0.2, -0.15) is 0 Å². The van der Waals surface area contributed by atoms with Crippen molar-refractivity contribution in [2.24, 2.45) is 4.99 Å². The zero-order chi connectivity index (χ0) is 26.8. The number of nitrogens with zero attached hydrogens (tertiary/aromatic N) is 2. The van der Waals surface area contributed by atoms with Crippen molar-refractivity contribution in [2.45, 2.75) is 13.0 Å². The summed E-state index contributed by atoms with van der Waals surface area (Å²) in [6.07, 6.45) is 3.16. The molecule has 3 heterocycles. The van der Waals surface area contributed by atoms with E-state index in [2.05, 4.69) is 11.6 Å². The molecule has 0 fully saturated rings. The van der Waals surface area contributed by atoms with E-state index >= 15 is 0 Å². The zero-order valence-electron chi connectivity index (χ0n) is 20.6. The molecule has 5 rings (SSSR count). The first-order valence-corrected chi connectivity index (χ1v) is 12.9. The van der Waals surface area contributed by atoms with Crippen LogP contribution in [0.3, 0.4) is 0 Å². The molecule has 38 heavy (non-hydrogen) atoms. The molecule has 0 saturated heterocycles. The molecule has 0 radical (unpaired) electrons. The minimum Gasteiger partial charge on any atom is -0.497 e. The number of rotatable bonds is 7. The van der Waals surface area contributed by atoms with Gasteiger partial charge in [-0.1, -0.05) is 59.9 Å². The van der Waals surface area contributed by atoms with Gasteiger partial charge >= 0.3 is 5.97 Å². The number of halogens is 1. The number of thiazole rings is 1. The molecule has 0 spiro atoms. The van der Waals surface area contributed by atoms with Gasteiger partial charge in [0.2, 0.25) is 0 Å². The molecule has 4 aromatic rings. The first-order valence-electron chi connectivity index (χ1n) is 11.7. The van der Waals surface area contributed by atoms with Crippen molar-refractivity contribution in [3.63, 3.8) is 0 Å². The molecule has 1 aliphatic rings. The summed E-state index contributed by atoms with van der Waals surface area (Å²) in [5, 5.41) is 0.568. The Labute approximate surface area is 227 Å². The monoisotopic (exact) mass is 546 g/mol. The highest BCUT2D eigenvalue weighted by molar-refractivity contribution is 7.07. The fraction of sp³-hybridized carbons (Fsp3) is 0.138. The largest absolute Gasteiger partial charge is 0.497 e. The smallest absolute Gasteiger partial charge is 0.338 e. The number of esters is 1. The summed E-state index contributed by atoms with van der Waals surface area (Å²) >= 11 is 7.53. The van der Waals surface area contributed by atoms with Crippen LogP contribution in [0.25, 0.3) is 17.4 Å². The van der Waals surface area contributed by atoms with Gasteiger partial charge in [0.25, 0.3) is 5.56 Å². The molecule has 0 unspecified atom stereocenters. The number of ether oxygens (including phenoxy) is 2. The van der Waals surface area contributed by atoms with E-state index in [9.17, 15) is 9.59 Å². The topological polar surface area (TPSA) is 83.0 Å². The lowest BCUT2D eigenvalue weighted by atomic mass is 9.96. The third-order valence-corrected chi connectivity index (χ3v) is 7.36. The van der Waals surface area contributed by atoms with Crippen LogP contribution in [0.15, 0.2) is 98.8 Å². The predicted molar refractivity (Wildman–Crippen MR) is 147 cm³/mol. The molecule has 0 aliphatic carbocycles. The Balaban J connectivity index is 1.63. The van der Waals surface area contributed by atoms with Crippen LogP contribution in [0, 0.1) is 0 Å². The molecule has 2 aromatic carbocycles. The van der Waals surface area contributed by atoms with Crippen LogP contribution in [0.5, 0.6) is 5.75 Å². The van der Waals surface area contributed by atoms with E-state index in [1.807, 2.05) is 36.4 Å². The molecule has 9 heteroatoms. The van der Waals surface area contributed by atoms with Crippen molar-refractivity contribution in [3.8, 4) is 17.1 Å². The minimum atomic E-state index is -0.730. The second-order valence-corrected chi connectivity index (χ2v) is 9.84. The summed E-state index contributed by atoms with van der Waals surface area (Å²) < 4.78 is 18.6. The van der Waals surface area contributed by atoms with Gasteiger partial charge in [-0.15, -0.1) is 0 Å². The zero-order valence-corrected chi connectivity index (χ0v) is 22.2. The van der Waals surface area contributed by atoms with Crippen molar-refractivity contribution in [1.29, 1.82) is 0 Å². The lowest BCUT2D eigenvalue weighted by Gasteiger charge is -2.24. The Hall–Kier alpha value is -4.14. The molecule has 1 aliphatic heterocycles. The molecule has 0 amide bonds. The maximum absolute atomic E-state index is 13.7. The van der Waals surface area contributed by atoms with Crippen molar-refractivity contribution >= 4 is 35.0 Å². The first kappa shape index (κ1) is 25.5. The highest BCUT2D eigenvalue weighted by Crippen LogP contribution is 2.32. The number of allylic oxidation sites excluding steroid dienone is 1. The minimum absolute atomic E-state index is 0.0433. The van der Waals surface area contributed by atoms with Gasteiger partial charge in [-0.05, 0) is 48.9 Å². The van der Waals surface area contributed by atoms with Gasteiger partial charge in [-0.3, -0.25) is 9.36 Å². The first-order chi connectivity index (χ1) is 18.4. The van der Waals surface area contributed by atoms with Crippen LogP contribution < -0.4 is 19.6 Å². The third-order valence-electron chi connectivity index (χ3n) is 6.04. The van der Waals surface area contributed by atoms with Gasteiger partial charge in [0, 0.05) is 11.6 Å². The van der Waals surface area contributed by atoms with Crippen molar-refractivity contribution in [1.82, 2.24) is 4.57 Å². The Kier molecular flexibility index (Phi) is 7.18. The fourth-order valence-corrected chi connectivity index (χ4v) is 5.52. The van der Waals surface area contributed by atoms with Crippen molar-refractivity contribution in [2.75, 3.05) is 13.7 Å². The molecular formula is C29H23ClN2O5S. The normalized spacial score (nSPS) is 15.1. The van der Waals surface area contributed by atoms with E-state index in [1.165, 1.54) is 22.0 Å². The number of benzene rings is 2. The SMILES string of the molecule is C=CCOC(=O)C1=C(C)N=c2s/c(=C/c3ccc(-c4ccccc4Cl)o3)c(=O)n2[C@@H]1c1ccc(OC)cc1. The fourth-order valence-electron chi connectivity index (χ4n) is 4.26. The Bertz CT molecular complexity index is 1740. The lowest BCUT2D eigenvalue weighted by molar-refractivity contribution is -0.138. The average molecular weight is 547 g/mol. The second-order valence-electron chi connectivity index (χ2n) is 8.42. The van der Waals surface area contributed by atoms with Crippen molar-refractivity contribution in [3.05, 3.63) is 121 Å². The van der Waals surface area contributed by atoms with Crippen LogP contribution >= 0.6 is 22.9 Å². The second kappa shape index (κ2) is 10.7. The summed E-state index contributed by atoms with van der Waals surface area (Å²) in [7, 11) is 1.58. The average Bonchev–Trinajstić information content (AvgIpc) is 3.51. The van der Waals surface area contributed by atoms with Crippen LogP contribution in [-0.2, 0) is 9.53 Å². The number of carbonyl (C=O) groups excluding carboxylic acids is 1. The maximum atomic E-state index is 13.7. The number of fused-ring (bicyclic) bond motifs is 1. The van der Waals surface area contributed by atoms with E-state index in [1.54, 1.807) is 44.4 Å². The number of carbonyl (C=O) groups is 1. The van der Waals surface area contributed by atoms with E-state index in [4.69, 9.17) is 25.5 Å². The quantitative estimate of drug-likeness (QED) is 0.243. The van der Waals surface area contributed by atoms with Crippen LogP contribution in [0.4, 0.5) is 0 Å². The van der Waals surface area contributed by atoms with Crippen LogP contribution in [0.1, 0.15) is 24.3 Å². The van der Waals surface area contributed by atoms with E-state index in [-0.39, 0.29) is 17.7 Å². The van der Waals surface area contributed by atoms with Gasteiger partial charge in [0.05, 0.1) is 34.0 Å². The maximum Gasteiger partial charge on any atom is 0.338 e. The number of hydrogen-bond acceptors (Lipinski definition) is 7. The lowest BCUT2D eigenvalue weighted by Crippen LogP contribution is -2.39. The Morgan fingerprint density at radius 3 is 2.66 bits per heavy atom. The van der Waals surface area contributed by atoms with Gasteiger partial charge in [-0.25, -0.2) is 9.79 Å². The summed E-state index contributed by atoms with van der Waals surface area (Å²) in [5.74, 6) is 1.18. The predicted octanol–water partition coefficient (Wildman–Crippen LogP) is 4.89. The standard InChI is InChI=1S/C29H23ClN2O5S/c1-4-15-36-28(34)25-17(2)31-29-32(26(25)18-9-11-19(35-3)12-10-18)27(33)24(38-29)16-20-13-14-23(37-20)21-7-5-6-8-22(21)30/h4-14,16,26H,1,15H2,2-3H3/b24-16+/t26-/m1/s1. The van der Waals surface area contributed by atoms with E-state index in [0.29, 0.717) is 37.3 Å². The van der Waals surface area contributed by atoms with Crippen LogP contribution in [0.2, 0.25) is 5.02 Å². The molecule has 1 atom stereocenters. The number of methoxy groups -OCH3 is 1. The molecule has 0 N–H and O–H groups in total. The van der Waals surface area contributed by atoms with Gasteiger partial charge < -0.3 is 13.9 Å². The van der Waals surface area contributed by atoms with Gasteiger partial charge in [0.15, 0.2) is 4.80 Å². The highest BCUT2D eigenvalue weighted by atomic mass is 35.5. The summed E-state index contributed by atoms with van der Waals surface area (Å²) in [4.78, 5) is 31.9. The Morgan fingerprint density at radius 1 is 1.18 bits per heavy atom. The highest BCUT2D eigenvalue weighted by Gasteiger charge is 2.33. The number of aromatic nitrogens is 1. The Morgan fingerprint density at radius 2 is 1.95 bits per heavy atom. The van der Waals surface area contributed by atoms with Crippen LogP contribution in [-0.4, -0.2) is 24.3 Å². The number of furan rings is 1. The molecular weight excluding hydrogens is 524 g/mol. The molecule has 7 nitrogen and oxygen atoms in total. The van der Waals surface area contributed by atoms with E-state index < -0.39 is 12.0 Å². The molecule has 0 saturated carbocycles. The molecule has 192 valence electrons. The summed E-state index contributed by atoms with van der Waals surface area (Å²) in [5.41, 5.74) is 1.94. The third kappa shape index (κ3) is 4.76. The molecule has 2 aromatic heterocycles. The number of hydrogen-bond donors (Lipinski definition) is 0. The van der Waals surface area contributed by atoms with Crippen molar-refractivity contribution < 1.29 is 18.7 Å². The summed E-state index contributed by atoms with van der Waals surface area (Å²) in [6.45, 7) is 5.39. The molecule has 0 bridgehead atoms.